The fourth-order valence-electron chi connectivity index (χ4n) is 1.56. The topological polar surface area (TPSA) is 12.0 Å². The Morgan fingerprint density at radius 1 is 1.40 bits per heavy atom. The monoisotopic (exact) mass is 237 g/mol. The van der Waals surface area contributed by atoms with E-state index in [2.05, 4.69) is 47.4 Å². The van der Waals surface area contributed by atoms with Gasteiger partial charge in [-0.15, -0.1) is 22.7 Å². The number of nitrogens with one attached hydrogen (secondary N) is 1. The fourth-order valence-corrected chi connectivity index (χ4v) is 3.21. The molecule has 2 rings (SSSR count). The molecule has 0 saturated carbocycles. The maximum absolute atomic E-state index is 3.60. The molecule has 2 aromatic heterocycles. The molecular weight excluding hydrogens is 222 g/mol. The van der Waals surface area contributed by atoms with Gasteiger partial charge in [-0.1, -0.05) is 13.0 Å². The summed E-state index contributed by atoms with van der Waals surface area (Å²) in [6, 6.07) is 4.77. The van der Waals surface area contributed by atoms with E-state index in [4.69, 9.17) is 0 Å². The molecule has 0 aliphatic heterocycles. The molecule has 1 N–H and O–H groups in total. The second-order valence-electron chi connectivity index (χ2n) is 3.59. The number of anilines is 1. The largest absolute Gasteiger partial charge is 0.377 e. The van der Waals surface area contributed by atoms with Crippen LogP contribution < -0.4 is 5.32 Å². The van der Waals surface area contributed by atoms with Crippen molar-refractivity contribution in [1.82, 2.24) is 0 Å². The van der Waals surface area contributed by atoms with Crippen LogP contribution in [0, 0.1) is 6.92 Å². The van der Waals surface area contributed by atoms with Crippen LogP contribution in [0.4, 0.5) is 5.69 Å². The Morgan fingerprint density at radius 2 is 2.27 bits per heavy atom. The zero-order chi connectivity index (χ0) is 10.7. The van der Waals surface area contributed by atoms with Crippen LogP contribution in [0.2, 0.25) is 0 Å². The van der Waals surface area contributed by atoms with Gasteiger partial charge in [-0.05, 0) is 35.7 Å². The van der Waals surface area contributed by atoms with Crippen LogP contribution in [0.5, 0.6) is 0 Å². The first-order valence-electron chi connectivity index (χ1n) is 5.14. The van der Waals surface area contributed by atoms with Gasteiger partial charge in [0.2, 0.25) is 0 Å². The summed E-state index contributed by atoms with van der Waals surface area (Å²) >= 11 is 3.58. The van der Waals surface area contributed by atoms with Gasteiger partial charge >= 0.3 is 0 Å². The van der Waals surface area contributed by atoms with E-state index in [1.54, 1.807) is 11.3 Å². The van der Waals surface area contributed by atoms with Crippen LogP contribution in [0.25, 0.3) is 0 Å². The van der Waals surface area contributed by atoms with Crippen molar-refractivity contribution in [2.24, 2.45) is 0 Å². The minimum atomic E-state index is 0.457. The van der Waals surface area contributed by atoms with Gasteiger partial charge in [0.15, 0.2) is 0 Å². The van der Waals surface area contributed by atoms with Gasteiger partial charge in [0.05, 0.1) is 6.04 Å². The SMILES string of the molecule is CCC(Nc1cscc1C)c1cccs1. The Hall–Kier alpha value is -0.800. The van der Waals surface area contributed by atoms with Crippen LogP contribution >= 0.6 is 22.7 Å². The molecule has 15 heavy (non-hydrogen) atoms. The lowest BCUT2D eigenvalue weighted by Gasteiger charge is -2.16. The van der Waals surface area contributed by atoms with Crippen molar-refractivity contribution in [2.45, 2.75) is 26.3 Å². The molecule has 0 spiro atoms. The average Bonchev–Trinajstić information content (AvgIpc) is 2.86. The molecule has 80 valence electrons. The zero-order valence-electron chi connectivity index (χ0n) is 8.99. The maximum atomic E-state index is 3.60. The standard InChI is InChI=1S/C12H15NS2/c1-3-10(12-5-4-6-15-12)13-11-8-14-7-9(11)2/h4-8,10,13H,3H2,1-2H3. The molecule has 2 aromatic rings. The number of thiophene rings is 2. The molecular formula is C12H15NS2. The highest BCUT2D eigenvalue weighted by atomic mass is 32.1. The van der Waals surface area contributed by atoms with Crippen molar-refractivity contribution in [3.8, 4) is 0 Å². The van der Waals surface area contributed by atoms with Crippen molar-refractivity contribution in [3.05, 3.63) is 38.7 Å². The Bertz CT molecular complexity index is 403. The quantitative estimate of drug-likeness (QED) is 0.814. The Kier molecular flexibility index (Phi) is 3.44. The highest BCUT2D eigenvalue weighted by molar-refractivity contribution is 7.10. The van der Waals surface area contributed by atoms with Crippen LogP contribution in [-0.2, 0) is 0 Å². The van der Waals surface area contributed by atoms with E-state index in [0.717, 1.165) is 6.42 Å². The normalized spacial score (nSPS) is 12.7. The molecule has 0 aromatic carbocycles. The summed E-state index contributed by atoms with van der Waals surface area (Å²) in [5.74, 6) is 0. The highest BCUT2D eigenvalue weighted by Crippen LogP contribution is 2.29. The third kappa shape index (κ3) is 2.41. The molecule has 0 aliphatic carbocycles. The van der Waals surface area contributed by atoms with Crippen LogP contribution in [-0.4, -0.2) is 0 Å². The van der Waals surface area contributed by atoms with E-state index in [-0.39, 0.29) is 0 Å². The number of hydrogen-bond donors (Lipinski definition) is 1. The van der Waals surface area contributed by atoms with Crippen molar-refractivity contribution in [3.63, 3.8) is 0 Å². The maximum Gasteiger partial charge on any atom is 0.0604 e. The first kappa shape index (κ1) is 10.7. The number of aryl methyl sites for hydroxylation is 1. The summed E-state index contributed by atoms with van der Waals surface area (Å²) < 4.78 is 0. The van der Waals surface area contributed by atoms with Crippen molar-refractivity contribution in [2.75, 3.05) is 5.32 Å². The van der Waals surface area contributed by atoms with E-state index < -0.39 is 0 Å². The molecule has 0 aliphatic rings. The Labute approximate surface area is 98.8 Å². The van der Waals surface area contributed by atoms with E-state index in [9.17, 15) is 0 Å². The van der Waals surface area contributed by atoms with Gasteiger partial charge in [-0.3, -0.25) is 0 Å². The summed E-state index contributed by atoms with van der Waals surface area (Å²) in [7, 11) is 0. The fraction of sp³-hybridized carbons (Fsp3) is 0.333. The summed E-state index contributed by atoms with van der Waals surface area (Å²) in [6.07, 6.45) is 1.12. The molecule has 0 fully saturated rings. The number of hydrogen-bond acceptors (Lipinski definition) is 3. The Balaban J connectivity index is 2.13. The van der Waals surface area contributed by atoms with Crippen molar-refractivity contribution < 1.29 is 0 Å². The van der Waals surface area contributed by atoms with Gasteiger partial charge in [0.1, 0.15) is 0 Å². The smallest absolute Gasteiger partial charge is 0.0604 e. The predicted octanol–water partition coefficient (Wildman–Crippen LogP) is 4.68. The lowest BCUT2D eigenvalue weighted by atomic mass is 10.1. The molecule has 0 radical (unpaired) electrons. The van der Waals surface area contributed by atoms with Crippen molar-refractivity contribution >= 4 is 28.4 Å². The summed E-state index contributed by atoms with van der Waals surface area (Å²) in [6.45, 7) is 4.37. The molecule has 0 amide bonds. The van der Waals surface area contributed by atoms with Gasteiger partial charge in [0.25, 0.3) is 0 Å². The molecule has 0 saturated heterocycles. The van der Waals surface area contributed by atoms with Crippen LogP contribution in [0.3, 0.4) is 0 Å². The molecule has 2 heterocycles. The van der Waals surface area contributed by atoms with Gasteiger partial charge < -0.3 is 5.32 Å². The lowest BCUT2D eigenvalue weighted by Crippen LogP contribution is -2.07. The zero-order valence-corrected chi connectivity index (χ0v) is 10.6. The molecule has 0 bridgehead atoms. The summed E-state index contributed by atoms with van der Waals surface area (Å²) in [4.78, 5) is 1.42. The Morgan fingerprint density at radius 3 is 2.80 bits per heavy atom. The highest BCUT2D eigenvalue weighted by Gasteiger charge is 2.11. The minimum absolute atomic E-state index is 0.457. The van der Waals surface area contributed by atoms with E-state index >= 15 is 0 Å². The van der Waals surface area contributed by atoms with Gasteiger partial charge in [-0.25, -0.2) is 0 Å². The first-order valence-corrected chi connectivity index (χ1v) is 6.96. The second-order valence-corrected chi connectivity index (χ2v) is 5.31. The third-order valence-corrected chi connectivity index (χ3v) is 4.33. The van der Waals surface area contributed by atoms with Gasteiger partial charge in [-0.2, -0.15) is 0 Å². The predicted molar refractivity (Wildman–Crippen MR) is 70.0 cm³/mol. The van der Waals surface area contributed by atoms with Crippen molar-refractivity contribution in [1.29, 1.82) is 0 Å². The van der Waals surface area contributed by atoms with Gasteiger partial charge in [0, 0.05) is 15.9 Å². The number of rotatable bonds is 4. The molecule has 1 nitrogen and oxygen atoms in total. The van der Waals surface area contributed by atoms with Crippen LogP contribution in [0.15, 0.2) is 28.3 Å². The molecule has 3 heteroatoms. The summed E-state index contributed by atoms with van der Waals surface area (Å²) in [5.41, 5.74) is 2.62. The molecule has 1 unspecified atom stereocenters. The lowest BCUT2D eigenvalue weighted by molar-refractivity contribution is 0.763. The average molecular weight is 237 g/mol. The third-order valence-electron chi connectivity index (χ3n) is 2.48. The van der Waals surface area contributed by atoms with E-state index in [1.807, 2.05) is 11.3 Å². The minimum Gasteiger partial charge on any atom is -0.377 e. The second kappa shape index (κ2) is 4.81. The first-order chi connectivity index (χ1) is 7.31. The molecule has 1 atom stereocenters. The van der Waals surface area contributed by atoms with E-state index in [0.29, 0.717) is 6.04 Å². The summed E-state index contributed by atoms with van der Waals surface area (Å²) in [5, 5.41) is 10.1. The van der Waals surface area contributed by atoms with Crippen LogP contribution in [0.1, 0.15) is 29.8 Å². The van der Waals surface area contributed by atoms with E-state index in [1.165, 1.54) is 16.1 Å².